The molecule has 1 saturated heterocycles. The van der Waals surface area contributed by atoms with Crippen LogP contribution in [0.3, 0.4) is 0 Å². The second-order valence-electron chi connectivity index (χ2n) is 5.83. The summed E-state index contributed by atoms with van der Waals surface area (Å²) in [5.74, 6) is -3.10. The fraction of sp³-hybridized carbons (Fsp3) is 0.222. The van der Waals surface area contributed by atoms with E-state index in [9.17, 15) is 18.4 Å². The van der Waals surface area contributed by atoms with Gasteiger partial charge < -0.3 is 10.2 Å². The first-order valence-corrected chi connectivity index (χ1v) is 7.57. The van der Waals surface area contributed by atoms with Gasteiger partial charge in [-0.25, -0.2) is 8.78 Å². The number of rotatable bonds is 3. The molecule has 0 saturated carbocycles. The van der Waals surface area contributed by atoms with E-state index in [0.717, 1.165) is 17.7 Å². The van der Waals surface area contributed by atoms with Crippen LogP contribution in [-0.4, -0.2) is 18.4 Å². The predicted octanol–water partition coefficient (Wildman–Crippen LogP) is 3.26. The van der Waals surface area contributed by atoms with Crippen LogP contribution in [0.25, 0.3) is 0 Å². The number of aryl methyl sites for hydroxylation is 1. The van der Waals surface area contributed by atoms with Crippen molar-refractivity contribution in [3.63, 3.8) is 0 Å². The molecule has 124 valence electrons. The molecule has 4 nitrogen and oxygen atoms in total. The molecule has 1 unspecified atom stereocenters. The Hall–Kier alpha value is -2.76. The van der Waals surface area contributed by atoms with Gasteiger partial charge >= 0.3 is 0 Å². The number of carbonyl (C=O) groups is 2. The summed E-state index contributed by atoms with van der Waals surface area (Å²) in [7, 11) is 0. The zero-order valence-electron chi connectivity index (χ0n) is 13.1. The topological polar surface area (TPSA) is 49.4 Å². The molecule has 2 amide bonds. The van der Waals surface area contributed by atoms with Crippen molar-refractivity contribution >= 4 is 23.2 Å². The van der Waals surface area contributed by atoms with E-state index >= 15 is 0 Å². The van der Waals surface area contributed by atoms with E-state index in [1.54, 1.807) is 0 Å². The van der Waals surface area contributed by atoms with Crippen LogP contribution in [0, 0.1) is 24.5 Å². The SMILES string of the molecule is Cc1ccc(N2CC(C(=O)Nc3c(F)cccc3F)CC2=O)cc1. The summed E-state index contributed by atoms with van der Waals surface area (Å²) in [6.45, 7) is 2.12. The third kappa shape index (κ3) is 3.13. The second kappa shape index (κ2) is 6.39. The van der Waals surface area contributed by atoms with E-state index in [2.05, 4.69) is 5.32 Å². The number of halogens is 2. The van der Waals surface area contributed by atoms with Crippen LogP contribution in [-0.2, 0) is 9.59 Å². The molecule has 0 radical (unpaired) electrons. The van der Waals surface area contributed by atoms with Crippen LogP contribution >= 0.6 is 0 Å². The highest BCUT2D eigenvalue weighted by Crippen LogP contribution is 2.27. The molecule has 6 heteroatoms. The highest BCUT2D eigenvalue weighted by Gasteiger charge is 2.35. The van der Waals surface area contributed by atoms with Gasteiger partial charge in [0.15, 0.2) is 0 Å². The van der Waals surface area contributed by atoms with Crippen molar-refractivity contribution in [2.24, 2.45) is 5.92 Å². The normalized spacial score (nSPS) is 17.2. The minimum atomic E-state index is -0.844. The molecule has 0 spiro atoms. The van der Waals surface area contributed by atoms with Crippen LogP contribution in [0.2, 0.25) is 0 Å². The summed E-state index contributed by atoms with van der Waals surface area (Å²) in [5, 5.41) is 2.25. The molecule has 0 aromatic heterocycles. The Morgan fingerprint density at radius 2 is 1.75 bits per heavy atom. The van der Waals surface area contributed by atoms with Gasteiger partial charge in [0.2, 0.25) is 11.8 Å². The third-order valence-corrected chi connectivity index (χ3v) is 4.05. The largest absolute Gasteiger partial charge is 0.321 e. The first-order valence-electron chi connectivity index (χ1n) is 7.57. The lowest BCUT2D eigenvalue weighted by atomic mass is 10.1. The summed E-state index contributed by atoms with van der Waals surface area (Å²) < 4.78 is 27.2. The maximum absolute atomic E-state index is 13.6. The lowest BCUT2D eigenvalue weighted by molar-refractivity contribution is -0.122. The minimum absolute atomic E-state index is 0.00970. The van der Waals surface area contributed by atoms with Crippen LogP contribution in [0.1, 0.15) is 12.0 Å². The number of hydrogen-bond donors (Lipinski definition) is 1. The molecule has 1 aliphatic rings. The Bertz CT molecular complexity index is 770. The highest BCUT2D eigenvalue weighted by atomic mass is 19.1. The molecule has 2 aromatic rings. The smallest absolute Gasteiger partial charge is 0.229 e. The molecule has 2 aromatic carbocycles. The van der Waals surface area contributed by atoms with Gasteiger partial charge in [0.1, 0.15) is 17.3 Å². The zero-order chi connectivity index (χ0) is 17.3. The van der Waals surface area contributed by atoms with Gasteiger partial charge in [-0.3, -0.25) is 9.59 Å². The number of carbonyl (C=O) groups excluding carboxylic acids is 2. The van der Waals surface area contributed by atoms with E-state index in [1.807, 2.05) is 31.2 Å². The van der Waals surface area contributed by atoms with Gasteiger partial charge in [-0.15, -0.1) is 0 Å². The lowest BCUT2D eigenvalue weighted by Crippen LogP contribution is -2.28. The Morgan fingerprint density at radius 1 is 1.12 bits per heavy atom. The molecule has 24 heavy (non-hydrogen) atoms. The standard InChI is InChI=1S/C18H16F2N2O2/c1-11-5-7-13(8-6-11)22-10-12(9-16(22)23)18(24)21-17-14(19)3-2-4-15(17)20/h2-8,12H,9-10H2,1H3,(H,21,24). The van der Waals surface area contributed by atoms with Crippen molar-refractivity contribution in [2.75, 3.05) is 16.8 Å². The summed E-state index contributed by atoms with van der Waals surface area (Å²) >= 11 is 0. The third-order valence-electron chi connectivity index (χ3n) is 4.05. The van der Waals surface area contributed by atoms with Gasteiger partial charge in [0.25, 0.3) is 0 Å². The molecular weight excluding hydrogens is 314 g/mol. The Balaban J connectivity index is 1.73. The van der Waals surface area contributed by atoms with Crippen LogP contribution in [0.15, 0.2) is 42.5 Å². The number of anilines is 2. The van der Waals surface area contributed by atoms with E-state index in [1.165, 1.54) is 11.0 Å². The van der Waals surface area contributed by atoms with Crippen LogP contribution in [0.5, 0.6) is 0 Å². The number of nitrogens with one attached hydrogen (secondary N) is 1. The summed E-state index contributed by atoms with van der Waals surface area (Å²) in [6.07, 6.45) is 0.00970. The van der Waals surface area contributed by atoms with Gasteiger partial charge in [-0.2, -0.15) is 0 Å². The average molecular weight is 330 g/mol. The van der Waals surface area contributed by atoms with E-state index in [-0.39, 0.29) is 18.9 Å². The van der Waals surface area contributed by atoms with Crippen molar-refractivity contribution in [1.82, 2.24) is 0 Å². The van der Waals surface area contributed by atoms with Crippen molar-refractivity contribution in [3.05, 3.63) is 59.7 Å². The fourth-order valence-corrected chi connectivity index (χ4v) is 2.70. The summed E-state index contributed by atoms with van der Waals surface area (Å²) in [6, 6.07) is 10.7. The summed E-state index contributed by atoms with van der Waals surface area (Å²) in [5.41, 5.74) is 1.29. The van der Waals surface area contributed by atoms with E-state index < -0.39 is 29.1 Å². The van der Waals surface area contributed by atoms with E-state index in [0.29, 0.717) is 5.69 Å². The first-order chi connectivity index (χ1) is 11.5. The Morgan fingerprint density at radius 3 is 2.38 bits per heavy atom. The Labute approximate surface area is 138 Å². The van der Waals surface area contributed by atoms with Gasteiger partial charge in [-0.05, 0) is 31.2 Å². The average Bonchev–Trinajstić information content (AvgIpc) is 2.94. The molecule has 0 aliphatic carbocycles. The monoisotopic (exact) mass is 330 g/mol. The maximum atomic E-state index is 13.6. The van der Waals surface area contributed by atoms with Crippen LogP contribution in [0.4, 0.5) is 20.2 Å². The summed E-state index contributed by atoms with van der Waals surface area (Å²) in [4.78, 5) is 25.9. The highest BCUT2D eigenvalue weighted by molar-refractivity contribution is 6.03. The van der Waals surface area contributed by atoms with Gasteiger partial charge in [0.05, 0.1) is 5.92 Å². The fourth-order valence-electron chi connectivity index (χ4n) is 2.70. The maximum Gasteiger partial charge on any atom is 0.229 e. The Kier molecular flexibility index (Phi) is 4.29. The first kappa shape index (κ1) is 16.1. The molecule has 1 N–H and O–H groups in total. The zero-order valence-corrected chi connectivity index (χ0v) is 13.1. The van der Waals surface area contributed by atoms with Gasteiger partial charge in [0, 0.05) is 18.7 Å². The van der Waals surface area contributed by atoms with Gasteiger partial charge in [-0.1, -0.05) is 23.8 Å². The number of nitrogens with zero attached hydrogens (tertiary/aromatic N) is 1. The second-order valence-corrected chi connectivity index (χ2v) is 5.83. The molecule has 1 aliphatic heterocycles. The number of hydrogen-bond acceptors (Lipinski definition) is 2. The molecule has 1 atom stereocenters. The minimum Gasteiger partial charge on any atom is -0.321 e. The number of benzene rings is 2. The van der Waals surface area contributed by atoms with Crippen LogP contribution < -0.4 is 10.2 Å². The molecule has 1 heterocycles. The molecule has 0 bridgehead atoms. The predicted molar refractivity (Wildman–Crippen MR) is 86.6 cm³/mol. The van der Waals surface area contributed by atoms with Crippen molar-refractivity contribution < 1.29 is 18.4 Å². The molecule has 3 rings (SSSR count). The number of para-hydroxylation sites is 1. The van der Waals surface area contributed by atoms with Crippen molar-refractivity contribution in [3.8, 4) is 0 Å². The number of amides is 2. The van der Waals surface area contributed by atoms with Crippen molar-refractivity contribution in [2.45, 2.75) is 13.3 Å². The quantitative estimate of drug-likeness (QED) is 0.939. The molecule has 1 fully saturated rings. The van der Waals surface area contributed by atoms with E-state index in [4.69, 9.17) is 0 Å². The molecular formula is C18H16F2N2O2. The lowest BCUT2D eigenvalue weighted by Gasteiger charge is -2.17. The van der Waals surface area contributed by atoms with Crippen molar-refractivity contribution in [1.29, 1.82) is 0 Å².